The number of rotatable bonds is 8. The molecule has 3 heterocycles. The van der Waals surface area contributed by atoms with Crippen molar-refractivity contribution in [3.63, 3.8) is 0 Å². The number of nitrogens with one attached hydrogen (secondary N) is 3. The molecule has 0 amide bonds. The van der Waals surface area contributed by atoms with Crippen LogP contribution in [-0.4, -0.2) is 39.2 Å². The first kappa shape index (κ1) is 24.1. The van der Waals surface area contributed by atoms with Crippen LogP contribution in [0.5, 0.6) is 0 Å². The highest BCUT2D eigenvalue weighted by Crippen LogP contribution is 2.34. The molecule has 0 spiro atoms. The summed E-state index contributed by atoms with van der Waals surface area (Å²) in [4.78, 5) is 13.9. The third kappa shape index (κ3) is 4.97. The summed E-state index contributed by atoms with van der Waals surface area (Å²) >= 11 is 0. The van der Waals surface area contributed by atoms with Gasteiger partial charge < -0.3 is 16.0 Å². The van der Waals surface area contributed by atoms with Crippen molar-refractivity contribution >= 4 is 22.7 Å². The van der Waals surface area contributed by atoms with Gasteiger partial charge >= 0.3 is 0 Å². The normalized spacial score (nSPS) is 15.7. The highest BCUT2D eigenvalue weighted by atomic mass is 15.2. The minimum atomic E-state index is 0.0961. The number of benzene rings is 3. The molecule has 1 aliphatic heterocycles. The number of hydrogen-bond acceptors (Lipinski definition) is 6. The summed E-state index contributed by atoms with van der Waals surface area (Å²) < 4.78 is 2.01. The van der Waals surface area contributed by atoms with Crippen LogP contribution in [0.25, 0.3) is 16.9 Å². The molecule has 5 aromatic rings. The Morgan fingerprint density at radius 2 is 1.68 bits per heavy atom. The lowest BCUT2D eigenvalue weighted by Crippen LogP contribution is -2.44. The molecule has 3 N–H and O–H groups in total. The van der Waals surface area contributed by atoms with Gasteiger partial charge in [-0.2, -0.15) is 4.98 Å². The monoisotopic (exact) mass is 503 g/mol. The highest BCUT2D eigenvalue weighted by molar-refractivity contribution is 5.81. The van der Waals surface area contributed by atoms with Crippen LogP contribution in [0, 0.1) is 0 Å². The van der Waals surface area contributed by atoms with Crippen molar-refractivity contribution in [1.82, 2.24) is 24.8 Å². The average Bonchev–Trinajstić information content (AvgIpc) is 3.41. The van der Waals surface area contributed by atoms with Gasteiger partial charge in [0.1, 0.15) is 12.1 Å². The largest absolute Gasteiger partial charge is 0.384 e. The molecular formula is C31H33N7. The standard InChI is InChI=1S/C31H33N7/c1-23(24-8-4-2-5-9-24)36-30-33-17-14-29(37-30)38-22-35-27-20-26(12-13-28(27)38)34-21-31(15-18-32-19-16-31)25-10-6-3-7-11-25/h2-14,17,20,22-23,32,34H,15-16,18-19,21H2,1H3,(H,33,36,37)/t23-/m0/s1. The van der Waals surface area contributed by atoms with Crippen molar-refractivity contribution < 1.29 is 0 Å². The van der Waals surface area contributed by atoms with Crippen LogP contribution in [0.15, 0.2) is 97.5 Å². The van der Waals surface area contributed by atoms with E-state index in [-0.39, 0.29) is 11.5 Å². The molecule has 192 valence electrons. The third-order valence-corrected chi connectivity index (χ3v) is 7.66. The molecule has 7 heteroatoms. The van der Waals surface area contributed by atoms with Crippen LogP contribution < -0.4 is 16.0 Å². The van der Waals surface area contributed by atoms with Gasteiger partial charge in [0.15, 0.2) is 0 Å². The van der Waals surface area contributed by atoms with E-state index >= 15 is 0 Å². The minimum absolute atomic E-state index is 0.0961. The Balaban J connectivity index is 1.20. The molecule has 0 bridgehead atoms. The van der Waals surface area contributed by atoms with Gasteiger partial charge in [-0.05, 0) is 68.2 Å². The Labute approximate surface area is 223 Å². The van der Waals surface area contributed by atoms with Crippen molar-refractivity contribution in [3.05, 3.63) is 109 Å². The predicted octanol–water partition coefficient (Wildman–Crippen LogP) is 5.72. The van der Waals surface area contributed by atoms with Gasteiger partial charge in [-0.3, -0.25) is 4.57 Å². The van der Waals surface area contributed by atoms with Gasteiger partial charge in [-0.15, -0.1) is 0 Å². The molecule has 0 radical (unpaired) electrons. The van der Waals surface area contributed by atoms with Crippen molar-refractivity contribution in [3.8, 4) is 5.82 Å². The van der Waals surface area contributed by atoms with Crippen LogP contribution >= 0.6 is 0 Å². The maximum Gasteiger partial charge on any atom is 0.225 e. The molecule has 0 unspecified atom stereocenters. The molecule has 0 aliphatic carbocycles. The smallest absolute Gasteiger partial charge is 0.225 e. The van der Waals surface area contributed by atoms with E-state index in [1.54, 1.807) is 6.20 Å². The molecular weight excluding hydrogens is 470 g/mol. The highest BCUT2D eigenvalue weighted by Gasteiger charge is 2.33. The number of anilines is 2. The number of nitrogens with zero attached hydrogens (tertiary/aromatic N) is 4. The van der Waals surface area contributed by atoms with Gasteiger partial charge in [0.25, 0.3) is 0 Å². The lowest BCUT2D eigenvalue weighted by atomic mass is 9.73. The van der Waals surface area contributed by atoms with Crippen LogP contribution in [0.3, 0.4) is 0 Å². The SMILES string of the molecule is C[C@H](Nc1nccc(-n2cnc3cc(NCC4(c5ccccc5)CCNCC4)ccc32)n1)c1ccccc1. The van der Waals surface area contributed by atoms with Gasteiger partial charge in [0.05, 0.1) is 17.1 Å². The minimum Gasteiger partial charge on any atom is -0.384 e. The second kappa shape index (κ2) is 10.6. The van der Waals surface area contributed by atoms with Gasteiger partial charge in [0, 0.05) is 23.8 Å². The molecule has 1 aliphatic rings. The number of piperidine rings is 1. The molecule has 7 nitrogen and oxygen atoms in total. The molecule has 1 saturated heterocycles. The Morgan fingerprint density at radius 3 is 2.47 bits per heavy atom. The molecule has 2 aromatic heterocycles. The van der Waals surface area contributed by atoms with Crippen LogP contribution in [0.4, 0.5) is 11.6 Å². The molecule has 1 fully saturated rings. The van der Waals surface area contributed by atoms with E-state index in [9.17, 15) is 0 Å². The maximum absolute atomic E-state index is 4.77. The van der Waals surface area contributed by atoms with E-state index < -0.39 is 0 Å². The van der Waals surface area contributed by atoms with E-state index in [2.05, 4.69) is 88.5 Å². The second-order valence-electron chi connectivity index (χ2n) is 10.1. The van der Waals surface area contributed by atoms with E-state index in [0.717, 1.165) is 55.0 Å². The first-order chi connectivity index (χ1) is 18.7. The Hall–Kier alpha value is -4.23. The van der Waals surface area contributed by atoms with E-state index in [1.807, 2.05) is 35.2 Å². The molecule has 6 rings (SSSR count). The quantitative estimate of drug-likeness (QED) is 0.251. The zero-order valence-electron chi connectivity index (χ0n) is 21.6. The van der Waals surface area contributed by atoms with Crippen molar-refractivity contribution in [2.45, 2.75) is 31.2 Å². The molecule has 1 atom stereocenters. The summed E-state index contributed by atoms with van der Waals surface area (Å²) in [5.74, 6) is 1.37. The van der Waals surface area contributed by atoms with E-state index in [1.165, 1.54) is 11.1 Å². The van der Waals surface area contributed by atoms with Crippen LogP contribution in [0.2, 0.25) is 0 Å². The lowest BCUT2D eigenvalue weighted by Gasteiger charge is -2.38. The number of hydrogen-bond donors (Lipinski definition) is 3. The third-order valence-electron chi connectivity index (χ3n) is 7.66. The maximum atomic E-state index is 4.77. The zero-order valence-corrected chi connectivity index (χ0v) is 21.6. The fourth-order valence-corrected chi connectivity index (χ4v) is 5.41. The summed E-state index contributed by atoms with van der Waals surface area (Å²) in [6.07, 6.45) is 5.85. The van der Waals surface area contributed by atoms with Crippen molar-refractivity contribution in [1.29, 1.82) is 0 Å². The Bertz CT molecular complexity index is 1490. The van der Waals surface area contributed by atoms with Gasteiger partial charge in [-0.1, -0.05) is 60.7 Å². The zero-order chi connectivity index (χ0) is 25.8. The van der Waals surface area contributed by atoms with Crippen LogP contribution in [0.1, 0.15) is 36.9 Å². The number of imidazole rings is 1. The number of fused-ring (bicyclic) bond motifs is 1. The van der Waals surface area contributed by atoms with Crippen LogP contribution in [-0.2, 0) is 5.41 Å². The fourth-order valence-electron chi connectivity index (χ4n) is 5.41. The van der Waals surface area contributed by atoms with E-state index in [4.69, 9.17) is 9.97 Å². The average molecular weight is 504 g/mol. The first-order valence-electron chi connectivity index (χ1n) is 13.3. The predicted molar refractivity (Wildman–Crippen MR) is 154 cm³/mol. The molecule has 3 aromatic carbocycles. The topological polar surface area (TPSA) is 79.7 Å². The Kier molecular flexibility index (Phi) is 6.75. The Morgan fingerprint density at radius 1 is 0.921 bits per heavy atom. The van der Waals surface area contributed by atoms with Gasteiger partial charge in [0.2, 0.25) is 5.95 Å². The van der Waals surface area contributed by atoms with E-state index in [0.29, 0.717) is 5.95 Å². The summed E-state index contributed by atoms with van der Waals surface area (Å²) in [6, 6.07) is 29.6. The van der Waals surface area contributed by atoms with Crippen molar-refractivity contribution in [2.75, 3.05) is 30.3 Å². The summed E-state index contributed by atoms with van der Waals surface area (Å²) in [7, 11) is 0. The molecule has 38 heavy (non-hydrogen) atoms. The first-order valence-corrected chi connectivity index (χ1v) is 13.3. The lowest BCUT2D eigenvalue weighted by molar-refractivity contribution is 0.323. The summed E-state index contributed by atoms with van der Waals surface area (Å²) in [5, 5.41) is 10.7. The van der Waals surface area contributed by atoms with Gasteiger partial charge in [-0.25, -0.2) is 9.97 Å². The molecule has 0 saturated carbocycles. The fraction of sp³-hybridized carbons (Fsp3) is 0.258. The summed E-state index contributed by atoms with van der Waals surface area (Å²) in [6.45, 7) is 5.09. The second-order valence-corrected chi connectivity index (χ2v) is 10.1. The van der Waals surface area contributed by atoms with Crippen molar-refractivity contribution in [2.24, 2.45) is 0 Å². The summed E-state index contributed by atoms with van der Waals surface area (Å²) in [5.41, 5.74) is 5.75. The number of aromatic nitrogens is 4.